The van der Waals surface area contributed by atoms with E-state index in [1.165, 1.54) is 30.2 Å². The molecule has 9 heteroatoms. The van der Waals surface area contributed by atoms with E-state index in [2.05, 4.69) is 10.6 Å². The topological polar surface area (TPSA) is 84.5 Å². The number of aryl methyl sites for hydroxylation is 1. The third-order valence-corrected chi connectivity index (χ3v) is 9.17. The molecular formula is C35H29ClN2O4S2. The predicted octanol–water partition coefficient (Wildman–Crippen LogP) is 8.82. The number of methoxy groups -OCH3 is 1. The molecular weight excluding hydrogens is 612 g/mol. The van der Waals surface area contributed by atoms with E-state index in [-0.39, 0.29) is 18.2 Å². The minimum atomic E-state index is -0.647. The van der Waals surface area contributed by atoms with E-state index >= 15 is 0 Å². The summed E-state index contributed by atoms with van der Waals surface area (Å²) in [6.07, 6.45) is 0.206. The number of ether oxygens (including phenoxy) is 1. The number of thioether (sulfide) groups is 1. The van der Waals surface area contributed by atoms with Crippen molar-refractivity contribution in [1.29, 1.82) is 0 Å². The molecule has 5 aromatic rings. The largest absolute Gasteiger partial charge is 0.465 e. The fourth-order valence-electron chi connectivity index (χ4n) is 4.55. The smallest absolute Gasteiger partial charge is 0.341 e. The van der Waals surface area contributed by atoms with Gasteiger partial charge in [-0.25, -0.2) is 4.79 Å². The van der Waals surface area contributed by atoms with Crippen molar-refractivity contribution in [3.05, 3.63) is 136 Å². The van der Waals surface area contributed by atoms with E-state index in [1.807, 2.05) is 103 Å². The normalized spacial score (nSPS) is 11.4. The van der Waals surface area contributed by atoms with Crippen LogP contribution in [0.4, 0.5) is 10.7 Å². The van der Waals surface area contributed by atoms with Gasteiger partial charge in [0.05, 0.1) is 13.5 Å². The first-order valence-electron chi connectivity index (χ1n) is 13.7. The van der Waals surface area contributed by atoms with Crippen LogP contribution in [0.25, 0.3) is 11.1 Å². The van der Waals surface area contributed by atoms with Crippen molar-refractivity contribution < 1.29 is 19.1 Å². The van der Waals surface area contributed by atoms with Crippen LogP contribution in [0.1, 0.15) is 32.3 Å². The van der Waals surface area contributed by atoms with Crippen molar-refractivity contribution in [2.75, 3.05) is 17.7 Å². The maximum Gasteiger partial charge on any atom is 0.341 e. The number of hydrogen-bond donors (Lipinski definition) is 2. The fraction of sp³-hybridized carbons (Fsp3) is 0.114. The number of hydrogen-bond acceptors (Lipinski definition) is 6. The highest BCUT2D eigenvalue weighted by Gasteiger charge is 2.27. The number of nitrogens with one attached hydrogen (secondary N) is 2. The van der Waals surface area contributed by atoms with Gasteiger partial charge in [-0.1, -0.05) is 90.0 Å². The van der Waals surface area contributed by atoms with Crippen molar-refractivity contribution in [3.63, 3.8) is 0 Å². The van der Waals surface area contributed by atoms with Gasteiger partial charge in [0, 0.05) is 26.5 Å². The Bertz CT molecular complexity index is 1770. The minimum Gasteiger partial charge on any atom is -0.465 e. The first-order valence-corrected chi connectivity index (χ1v) is 15.9. The Labute approximate surface area is 269 Å². The molecule has 6 nitrogen and oxygen atoms in total. The number of esters is 1. The molecule has 0 aliphatic heterocycles. The summed E-state index contributed by atoms with van der Waals surface area (Å²) in [6.45, 7) is 2.00. The molecule has 4 aromatic carbocycles. The van der Waals surface area contributed by atoms with E-state index < -0.39 is 11.2 Å². The second kappa shape index (κ2) is 14.4. The highest BCUT2D eigenvalue weighted by atomic mass is 35.5. The third-order valence-electron chi connectivity index (χ3n) is 6.77. The molecule has 44 heavy (non-hydrogen) atoms. The maximum absolute atomic E-state index is 13.9. The highest BCUT2D eigenvalue weighted by Crippen LogP contribution is 2.40. The molecule has 0 aliphatic carbocycles. The molecule has 2 N–H and O–H groups in total. The number of carbonyl (C=O) groups is 3. The number of amides is 2. The highest BCUT2D eigenvalue weighted by molar-refractivity contribution is 8.00. The van der Waals surface area contributed by atoms with E-state index in [0.29, 0.717) is 26.8 Å². The summed E-state index contributed by atoms with van der Waals surface area (Å²) in [4.78, 5) is 40.3. The fourth-order valence-corrected chi connectivity index (χ4v) is 6.72. The second-order valence-corrected chi connectivity index (χ2v) is 12.5. The average molecular weight is 641 g/mol. The Hall–Kier alpha value is -4.37. The summed E-state index contributed by atoms with van der Waals surface area (Å²) in [7, 11) is 1.33. The zero-order valence-corrected chi connectivity index (χ0v) is 26.4. The summed E-state index contributed by atoms with van der Waals surface area (Å²) in [5.74, 6) is -0.979. The van der Waals surface area contributed by atoms with Gasteiger partial charge in [-0.15, -0.1) is 23.1 Å². The maximum atomic E-state index is 13.9. The van der Waals surface area contributed by atoms with Crippen molar-refractivity contribution in [1.82, 2.24) is 0 Å². The molecule has 0 radical (unpaired) electrons. The van der Waals surface area contributed by atoms with Gasteiger partial charge < -0.3 is 15.4 Å². The molecule has 2 amide bonds. The Balaban J connectivity index is 1.37. The van der Waals surface area contributed by atoms with Crippen LogP contribution in [0, 0.1) is 6.92 Å². The van der Waals surface area contributed by atoms with Crippen molar-refractivity contribution in [3.8, 4) is 11.1 Å². The van der Waals surface area contributed by atoms with Crippen LogP contribution in [-0.2, 0) is 20.7 Å². The standard InChI is InChI=1S/C35H29ClN2O4S2/c1-22-11-15-24(16-12-22)29-21-43-34(31(29)35(41)42-2)38-33(40)32(25-7-4-3-5-8-25)44-28-10-6-9-27(20-28)37-30(39)19-23-13-17-26(36)18-14-23/h3-18,20-21,32H,19H2,1-2H3,(H,37,39)(H,38,40). The first-order chi connectivity index (χ1) is 21.3. The molecule has 0 spiro atoms. The van der Waals surface area contributed by atoms with Gasteiger partial charge in [-0.05, 0) is 53.9 Å². The van der Waals surface area contributed by atoms with Crippen molar-refractivity contribution in [2.24, 2.45) is 0 Å². The van der Waals surface area contributed by atoms with Crippen LogP contribution in [0.2, 0.25) is 5.02 Å². The number of benzene rings is 4. The van der Waals surface area contributed by atoms with E-state index in [1.54, 1.807) is 12.1 Å². The van der Waals surface area contributed by atoms with Crippen molar-refractivity contribution in [2.45, 2.75) is 23.5 Å². The van der Waals surface area contributed by atoms with Gasteiger partial charge in [-0.2, -0.15) is 0 Å². The third kappa shape index (κ3) is 7.77. The zero-order chi connectivity index (χ0) is 31.1. The van der Waals surface area contributed by atoms with Gasteiger partial charge in [0.15, 0.2) is 0 Å². The van der Waals surface area contributed by atoms with E-state index in [4.69, 9.17) is 16.3 Å². The lowest BCUT2D eigenvalue weighted by atomic mass is 10.0. The van der Waals surface area contributed by atoms with Crippen molar-refractivity contribution >= 4 is 63.2 Å². The Morgan fingerprint density at radius 2 is 1.61 bits per heavy atom. The molecule has 0 bridgehead atoms. The lowest BCUT2D eigenvalue weighted by Gasteiger charge is -2.18. The van der Waals surface area contributed by atoms with E-state index in [0.717, 1.165) is 27.1 Å². The van der Waals surface area contributed by atoms with Gasteiger partial charge >= 0.3 is 5.97 Å². The molecule has 0 aliphatic rings. The van der Waals surface area contributed by atoms with Gasteiger partial charge in [0.25, 0.3) is 0 Å². The SMILES string of the molecule is COC(=O)c1c(-c2ccc(C)cc2)csc1NC(=O)C(Sc1cccc(NC(=O)Cc2ccc(Cl)cc2)c1)c1ccccc1. The first kappa shape index (κ1) is 31.1. The molecule has 0 saturated carbocycles. The van der Waals surface area contributed by atoms with Crippen LogP contribution in [0.3, 0.4) is 0 Å². The van der Waals surface area contributed by atoms with Crippen LogP contribution in [0.15, 0.2) is 113 Å². The number of anilines is 2. The summed E-state index contributed by atoms with van der Waals surface area (Å²) in [6, 6.07) is 31.8. The summed E-state index contributed by atoms with van der Waals surface area (Å²) >= 11 is 8.59. The molecule has 1 heterocycles. The lowest BCUT2D eigenvalue weighted by Crippen LogP contribution is -2.20. The summed E-state index contributed by atoms with van der Waals surface area (Å²) in [5.41, 5.74) is 5.24. The number of thiophene rings is 1. The number of halogens is 1. The summed E-state index contributed by atoms with van der Waals surface area (Å²) < 4.78 is 5.10. The summed E-state index contributed by atoms with van der Waals surface area (Å²) in [5, 5.41) is 8.18. The predicted molar refractivity (Wildman–Crippen MR) is 180 cm³/mol. The quantitative estimate of drug-likeness (QED) is 0.118. The van der Waals surface area contributed by atoms with Crippen LogP contribution >= 0.6 is 34.7 Å². The second-order valence-electron chi connectivity index (χ2n) is 9.99. The number of rotatable bonds is 10. The molecule has 1 atom stereocenters. The lowest BCUT2D eigenvalue weighted by molar-refractivity contribution is -0.116. The minimum absolute atomic E-state index is 0.163. The molecule has 5 rings (SSSR count). The molecule has 0 saturated heterocycles. The molecule has 0 fully saturated rings. The monoisotopic (exact) mass is 640 g/mol. The van der Waals surface area contributed by atoms with E-state index in [9.17, 15) is 14.4 Å². The molecule has 1 aromatic heterocycles. The number of carbonyl (C=O) groups excluding carboxylic acids is 3. The van der Waals surface area contributed by atoms with Crippen LogP contribution in [-0.4, -0.2) is 24.9 Å². The Morgan fingerprint density at radius 3 is 2.32 bits per heavy atom. The Morgan fingerprint density at radius 1 is 0.886 bits per heavy atom. The Kier molecular flexibility index (Phi) is 10.2. The molecule has 222 valence electrons. The van der Waals surface area contributed by atoms with Gasteiger partial charge in [0.1, 0.15) is 15.8 Å². The zero-order valence-electron chi connectivity index (χ0n) is 24.0. The van der Waals surface area contributed by atoms with Gasteiger partial charge in [-0.3, -0.25) is 9.59 Å². The molecule has 1 unspecified atom stereocenters. The van der Waals surface area contributed by atoms with Crippen LogP contribution < -0.4 is 10.6 Å². The average Bonchev–Trinajstić information content (AvgIpc) is 3.44. The van der Waals surface area contributed by atoms with Gasteiger partial charge in [0.2, 0.25) is 11.8 Å². The van der Waals surface area contributed by atoms with Crippen LogP contribution in [0.5, 0.6) is 0 Å².